The summed E-state index contributed by atoms with van der Waals surface area (Å²) in [7, 11) is -3.52. The van der Waals surface area contributed by atoms with Gasteiger partial charge in [0.2, 0.25) is 15.9 Å². The molecule has 6 nitrogen and oxygen atoms in total. The van der Waals surface area contributed by atoms with Crippen LogP contribution in [-0.4, -0.2) is 44.1 Å². The Morgan fingerprint density at radius 1 is 1.11 bits per heavy atom. The van der Waals surface area contributed by atoms with E-state index in [0.29, 0.717) is 6.61 Å². The number of amides is 1. The van der Waals surface area contributed by atoms with Gasteiger partial charge in [0.05, 0.1) is 18.8 Å². The molecule has 0 aliphatic carbocycles. The molecule has 27 heavy (non-hydrogen) atoms. The Balaban J connectivity index is 1.90. The molecular weight excluding hydrogens is 364 g/mol. The van der Waals surface area contributed by atoms with Crippen molar-refractivity contribution in [1.29, 1.82) is 0 Å². The van der Waals surface area contributed by atoms with E-state index >= 15 is 0 Å². The van der Waals surface area contributed by atoms with Gasteiger partial charge in [0.1, 0.15) is 12.4 Å². The number of carbonyl (C=O) groups excluding carboxylic acids is 1. The van der Waals surface area contributed by atoms with Crippen LogP contribution in [0.4, 0.5) is 0 Å². The zero-order chi connectivity index (χ0) is 19.9. The largest absolute Gasteiger partial charge is 0.491 e. The highest BCUT2D eigenvalue weighted by Gasteiger charge is 2.21. The highest BCUT2D eigenvalue weighted by molar-refractivity contribution is 7.88. The smallest absolute Gasteiger partial charge is 0.235 e. The van der Waals surface area contributed by atoms with Crippen LogP contribution in [0.2, 0.25) is 0 Å². The monoisotopic (exact) mass is 390 g/mol. The molecule has 0 aromatic heterocycles. The summed E-state index contributed by atoms with van der Waals surface area (Å²) in [5, 5.41) is 2.78. The molecule has 1 atom stereocenters. The molecule has 0 saturated heterocycles. The third-order valence-corrected chi connectivity index (χ3v) is 5.12. The summed E-state index contributed by atoms with van der Waals surface area (Å²) in [6.45, 7) is 3.99. The van der Waals surface area contributed by atoms with Crippen molar-refractivity contribution in [2.24, 2.45) is 0 Å². The Hall–Kier alpha value is -2.38. The predicted octanol–water partition coefficient (Wildman–Crippen LogP) is 2.34. The molecule has 0 spiro atoms. The summed E-state index contributed by atoms with van der Waals surface area (Å²) in [5.74, 6) is 0.354. The molecule has 0 radical (unpaired) electrons. The zero-order valence-electron chi connectivity index (χ0n) is 15.9. The van der Waals surface area contributed by atoms with Crippen LogP contribution in [-0.2, 0) is 21.4 Å². The van der Waals surface area contributed by atoms with Crippen LogP contribution in [0.5, 0.6) is 5.75 Å². The molecule has 0 saturated carbocycles. The van der Waals surface area contributed by atoms with Crippen LogP contribution in [0.25, 0.3) is 0 Å². The number of nitrogens with one attached hydrogen (secondary N) is 1. The Morgan fingerprint density at radius 3 is 2.33 bits per heavy atom. The van der Waals surface area contributed by atoms with Gasteiger partial charge in [0, 0.05) is 6.54 Å². The first-order valence-corrected chi connectivity index (χ1v) is 10.6. The van der Waals surface area contributed by atoms with Crippen LogP contribution in [0.3, 0.4) is 0 Å². The average molecular weight is 391 g/mol. The van der Waals surface area contributed by atoms with Gasteiger partial charge in [-0.3, -0.25) is 4.79 Å². The second kappa shape index (κ2) is 9.53. The van der Waals surface area contributed by atoms with Gasteiger partial charge in [0.25, 0.3) is 0 Å². The van der Waals surface area contributed by atoms with Gasteiger partial charge in [-0.25, -0.2) is 8.42 Å². The number of rotatable bonds is 9. The van der Waals surface area contributed by atoms with Crippen LogP contribution in [0.1, 0.15) is 18.1 Å². The van der Waals surface area contributed by atoms with Crippen molar-refractivity contribution in [3.8, 4) is 5.75 Å². The van der Waals surface area contributed by atoms with Crippen molar-refractivity contribution in [3.63, 3.8) is 0 Å². The Labute approximate surface area is 161 Å². The molecule has 1 N–H and O–H groups in total. The van der Waals surface area contributed by atoms with Gasteiger partial charge in [-0.15, -0.1) is 0 Å². The lowest BCUT2D eigenvalue weighted by Crippen LogP contribution is -2.44. The molecule has 0 bridgehead atoms. The van der Waals surface area contributed by atoms with E-state index < -0.39 is 10.0 Å². The summed E-state index contributed by atoms with van der Waals surface area (Å²) < 4.78 is 30.9. The Morgan fingerprint density at radius 2 is 1.74 bits per heavy atom. The molecule has 7 heteroatoms. The second-order valence-electron chi connectivity index (χ2n) is 6.61. The fourth-order valence-corrected chi connectivity index (χ4v) is 3.18. The summed E-state index contributed by atoms with van der Waals surface area (Å²) in [4.78, 5) is 12.3. The third kappa shape index (κ3) is 7.40. The van der Waals surface area contributed by atoms with E-state index in [1.807, 2.05) is 68.4 Å². The topological polar surface area (TPSA) is 75.7 Å². The summed E-state index contributed by atoms with van der Waals surface area (Å²) >= 11 is 0. The van der Waals surface area contributed by atoms with Crippen molar-refractivity contribution < 1.29 is 17.9 Å². The molecule has 0 heterocycles. The summed E-state index contributed by atoms with van der Waals surface area (Å²) in [6.07, 6.45) is 1.11. The maximum absolute atomic E-state index is 12.3. The summed E-state index contributed by atoms with van der Waals surface area (Å²) in [5.41, 5.74) is 1.92. The number of carbonyl (C=O) groups is 1. The van der Waals surface area contributed by atoms with Gasteiger partial charge < -0.3 is 10.1 Å². The number of benzene rings is 2. The SMILES string of the molecule is Cc1ccc(CN(CC(=O)N[C@@H](C)COc2ccccc2)S(C)(=O)=O)cc1. The van der Waals surface area contributed by atoms with Crippen molar-refractivity contribution in [2.75, 3.05) is 19.4 Å². The normalized spacial score (nSPS) is 12.6. The first-order chi connectivity index (χ1) is 12.7. The number of ether oxygens (including phenoxy) is 1. The van der Waals surface area contributed by atoms with Crippen molar-refractivity contribution >= 4 is 15.9 Å². The minimum absolute atomic E-state index is 0.154. The van der Waals surface area contributed by atoms with E-state index in [-0.39, 0.29) is 25.0 Å². The lowest BCUT2D eigenvalue weighted by atomic mass is 10.1. The van der Waals surface area contributed by atoms with E-state index in [9.17, 15) is 13.2 Å². The first kappa shape index (κ1) is 20.9. The minimum atomic E-state index is -3.52. The van der Waals surface area contributed by atoms with E-state index in [2.05, 4.69) is 5.32 Å². The molecule has 2 rings (SSSR count). The van der Waals surface area contributed by atoms with E-state index in [4.69, 9.17) is 4.74 Å². The van der Waals surface area contributed by atoms with E-state index in [0.717, 1.165) is 27.4 Å². The van der Waals surface area contributed by atoms with Crippen LogP contribution < -0.4 is 10.1 Å². The molecular formula is C20H26N2O4S. The van der Waals surface area contributed by atoms with Crippen LogP contribution in [0, 0.1) is 6.92 Å². The molecule has 2 aromatic carbocycles. The van der Waals surface area contributed by atoms with Crippen LogP contribution in [0.15, 0.2) is 54.6 Å². The maximum atomic E-state index is 12.3. The predicted molar refractivity (Wildman–Crippen MR) is 106 cm³/mol. The lowest BCUT2D eigenvalue weighted by Gasteiger charge is -2.21. The van der Waals surface area contributed by atoms with Crippen molar-refractivity contribution in [1.82, 2.24) is 9.62 Å². The van der Waals surface area contributed by atoms with Crippen molar-refractivity contribution in [2.45, 2.75) is 26.4 Å². The molecule has 146 valence electrons. The zero-order valence-corrected chi connectivity index (χ0v) is 16.7. The Bertz CT molecular complexity index is 836. The molecule has 0 aliphatic heterocycles. The fourth-order valence-electron chi connectivity index (χ4n) is 2.45. The molecule has 0 unspecified atom stereocenters. The Kier molecular flexibility index (Phi) is 7.38. The van der Waals surface area contributed by atoms with Gasteiger partial charge >= 0.3 is 0 Å². The van der Waals surface area contributed by atoms with Gasteiger partial charge in [-0.05, 0) is 31.5 Å². The number of sulfonamides is 1. The van der Waals surface area contributed by atoms with Gasteiger partial charge in [-0.1, -0.05) is 48.0 Å². The quantitative estimate of drug-likeness (QED) is 0.713. The highest BCUT2D eigenvalue weighted by atomic mass is 32.2. The standard InChI is InChI=1S/C20H26N2O4S/c1-16-9-11-18(12-10-16)13-22(27(3,24)25)14-20(23)21-17(2)15-26-19-7-5-4-6-8-19/h4-12,17H,13-15H2,1-3H3,(H,21,23)/t17-/m0/s1. The third-order valence-electron chi connectivity index (χ3n) is 3.92. The number of hydrogen-bond donors (Lipinski definition) is 1. The van der Waals surface area contributed by atoms with E-state index in [1.54, 1.807) is 0 Å². The first-order valence-electron chi connectivity index (χ1n) is 8.72. The van der Waals surface area contributed by atoms with Gasteiger partial charge in [0.15, 0.2) is 0 Å². The van der Waals surface area contributed by atoms with Crippen molar-refractivity contribution in [3.05, 3.63) is 65.7 Å². The minimum Gasteiger partial charge on any atom is -0.491 e. The second-order valence-corrected chi connectivity index (χ2v) is 8.59. The number of aryl methyl sites for hydroxylation is 1. The highest BCUT2D eigenvalue weighted by Crippen LogP contribution is 2.10. The maximum Gasteiger partial charge on any atom is 0.235 e. The summed E-state index contributed by atoms with van der Waals surface area (Å²) in [6, 6.07) is 16.6. The lowest BCUT2D eigenvalue weighted by molar-refractivity contribution is -0.122. The van der Waals surface area contributed by atoms with E-state index in [1.165, 1.54) is 0 Å². The molecule has 0 aliphatic rings. The fraction of sp³-hybridized carbons (Fsp3) is 0.350. The molecule has 2 aromatic rings. The average Bonchev–Trinajstić information content (AvgIpc) is 2.61. The number of hydrogen-bond acceptors (Lipinski definition) is 4. The molecule has 1 amide bonds. The van der Waals surface area contributed by atoms with Crippen LogP contribution >= 0.6 is 0 Å². The number of nitrogens with zero attached hydrogens (tertiary/aromatic N) is 1. The molecule has 0 fully saturated rings. The van der Waals surface area contributed by atoms with Gasteiger partial charge in [-0.2, -0.15) is 4.31 Å². The number of para-hydroxylation sites is 1.